The normalized spacial score (nSPS) is 21.6. The minimum absolute atomic E-state index is 0.0705. The van der Waals surface area contributed by atoms with Crippen LogP contribution in [0, 0.1) is 0 Å². The summed E-state index contributed by atoms with van der Waals surface area (Å²) in [6, 6.07) is 9.12. The molecule has 0 saturated heterocycles. The topological polar surface area (TPSA) is 44.4 Å². The molecule has 0 spiro atoms. The number of carbonyl (C=O) groups is 1. The van der Waals surface area contributed by atoms with Crippen molar-refractivity contribution >= 4 is 11.7 Å². The van der Waals surface area contributed by atoms with Crippen LogP contribution in [0.2, 0.25) is 0 Å². The van der Waals surface area contributed by atoms with Gasteiger partial charge in [0.25, 0.3) is 0 Å². The molecule has 1 aromatic rings. The van der Waals surface area contributed by atoms with Crippen molar-refractivity contribution in [3.05, 3.63) is 29.8 Å². The minimum Gasteiger partial charge on any atom is -0.335 e. The molecule has 3 rings (SSSR count). The van der Waals surface area contributed by atoms with Gasteiger partial charge in [-0.3, -0.25) is 4.90 Å². The monoisotopic (exact) mass is 287 g/mol. The molecule has 0 radical (unpaired) electrons. The Hall–Kier alpha value is -1.55. The lowest BCUT2D eigenvalue weighted by molar-refractivity contribution is 0.233. The molecule has 1 aliphatic carbocycles. The number of urea groups is 1. The second kappa shape index (κ2) is 6.48. The fourth-order valence-corrected chi connectivity index (χ4v) is 3.11. The number of anilines is 1. The lowest BCUT2D eigenvalue weighted by Gasteiger charge is -2.36. The summed E-state index contributed by atoms with van der Waals surface area (Å²) in [6.45, 7) is 3.99. The molecule has 1 heterocycles. The van der Waals surface area contributed by atoms with Crippen LogP contribution in [-0.4, -0.2) is 25.2 Å². The van der Waals surface area contributed by atoms with Crippen molar-refractivity contribution in [2.45, 2.75) is 51.1 Å². The van der Waals surface area contributed by atoms with E-state index >= 15 is 0 Å². The summed E-state index contributed by atoms with van der Waals surface area (Å²) in [6.07, 6.45) is 5.61. The Bertz CT molecular complexity index is 499. The van der Waals surface area contributed by atoms with Crippen LogP contribution in [0.25, 0.3) is 0 Å². The van der Waals surface area contributed by atoms with E-state index in [9.17, 15) is 4.79 Å². The molecule has 2 N–H and O–H groups in total. The maximum atomic E-state index is 12.5. The first-order valence-corrected chi connectivity index (χ1v) is 8.20. The molecule has 4 heteroatoms. The van der Waals surface area contributed by atoms with Gasteiger partial charge in [0.1, 0.15) is 0 Å². The van der Waals surface area contributed by atoms with Crippen LogP contribution < -0.4 is 15.5 Å². The Morgan fingerprint density at radius 2 is 2.10 bits per heavy atom. The highest BCUT2D eigenvalue weighted by atomic mass is 16.2. The molecule has 0 bridgehead atoms. The minimum atomic E-state index is 0.0705. The highest BCUT2D eigenvalue weighted by molar-refractivity contribution is 5.93. The first-order valence-electron chi connectivity index (χ1n) is 8.20. The van der Waals surface area contributed by atoms with E-state index in [1.54, 1.807) is 0 Å². The average molecular weight is 287 g/mol. The third-order valence-corrected chi connectivity index (χ3v) is 4.56. The van der Waals surface area contributed by atoms with Crippen molar-refractivity contribution in [1.29, 1.82) is 0 Å². The van der Waals surface area contributed by atoms with E-state index in [1.807, 2.05) is 11.0 Å². The Kier molecular flexibility index (Phi) is 4.44. The predicted molar refractivity (Wildman–Crippen MR) is 85.6 cm³/mol. The van der Waals surface area contributed by atoms with Gasteiger partial charge in [0.15, 0.2) is 0 Å². The van der Waals surface area contributed by atoms with Gasteiger partial charge in [0.05, 0.1) is 5.69 Å². The van der Waals surface area contributed by atoms with Crippen LogP contribution in [0.5, 0.6) is 0 Å². The number of fused-ring (bicyclic) bond motifs is 1. The highest BCUT2D eigenvalue weighted by Crippen LogP contribution is 2.33. The van der Waals surface area contributed by atoms with E-state index < -0.39 is 0 Å². The van der Waals surface area contributed by atoms with Crippen LogP contribution in [-0.2, 0) is 0 Å². The molecule has 1 saturated carbocycles. The van der Waals surface area contributed by atoms with Gasteiger partial charge >= 0.3 is 6.03 Å². The van der Waals surface area contributed by atoms with E-state index in [4.69, 9.17) is 0 Å². The summed E-state index contributed by atoms with van der Waals surface area (Å²) in [5, 5.41) is 6.74. The third-order valence-electron chi connectivity index (χ3n) is 4.56. The summed E-state index contributed by atoms with van der Waals surface area (Å²) in [5.74, 6) is 0. The van der Waals surface area contributed by atoms with E-state index in [1.165, 1.54) is 12.0 Å². The molecule has 2 amide bonds. The van der Waals surface area contributed by atoms with Gasteiger partial charge in [-0.05, 0) is 50.3 Å². The molecule has 1 aromatic carbocycles. The standard InChI is InChI=1S/C17H25N3O/c1-2-11-18-15-10-12-20(16-9-4-3-8-14(15)16)17(21)19-13-6-5-7-13/h3-4,8-9,13,15,18H,2,5-7,10-12H2,1H3,(H,19,21). The summed E-state index contributed by atoms with van der Waals surface area (Å²) in [4.78, 5) is 14.4. The van der Waals surface area contributed by atoms with Gasteiger partial charge in [0, 0.05) is 18.6 Å². The SMILES string of the molecule is CCCNC1CCN(C(=O)NC2CCC2)c2ccccc21. The number of rotatable bonds is 4. The highest BCUT2D eigenvalue weighted by Gasteiger charge is 2.30. The van der Waals surface area contributed by atoms with E-state index in [0.717, 1.165) is 44.5 Å². The van der Waals surface area contributed by atoms with Crippen molar-refractivity contribution in [2.75, 3.05) is 18.0 Å². The zero-order chi connectivity index (χ0) is 14.7. The lowest BCUT2D eigenvalue weighted by Crippen LogP contribution is -2.50. The Balaban J connectivity index is 1.75. The number of hydrogen-bond donors (Lipinski definition) is 2. The number of nitrogens with zero attached hydrogens (tertiary/aromatic N) is 1. The third kappa shape index (κ3) is 3.05. The van der Waals surface area contributed by atoms with E-state index in [0.29, 0.717) is 12.1 Å². The van der Waals surface area contributed by atoms with Gasteiger partial charge < -0.3 is 10.6 Å². The van der Waals surface area contributed by atoms with Crippen molar-refractivity contribution in [2.24, 2.45) is 0 Å². The van der Waals surface area contributed by atoms with Crippen molar-refractivity contribution < 1.29 is 4.79 Å². The van der Waals surface area contributed by atoms with Gasteiger partial charge in [-0.15, -0.1) is 0 Å². The zero-order valence-corrected chi connectivity index (χ0v) is 12.8. The molecule has 0 aromatic heterocycles. The second-order valence-corrected chi connectivity index (χ2v) is 6.08. The number of benzene rings is 1. The van der Waals surface area contributed by atoms with Crippen molar-refractivity contribution in [1.82, 2.24) is 10.6 Å². The molecular formula is C17H25N3O. The van der Waals surface area contributed by atoms with E-state index in [-0.39, 0.29) is 6.03 Å². The molecule has 2 aliphatic rings. The number of hydrogen-bond acceptors (Lipinski definition) is 2. The molecule has 21 heavy (non-hydrogen) atoms. The van der Waals surface area contributed by atoms with Crippen molar-refractivity contribution in [3.8, 4) is 0 Å². The molecule has 1 fully saturated rings. The largest absolute Gasteiger partial charge is 0.335 e. The fourth-order valence-electron chi connectivity index (χ4n) is 3.11. The van der Waals surface area contributed by atoms with Gasteiger partial charge in [0.2, 0.25) is 0 Å². The first-order chi connectivity index (χ1) is 10.3. The summed E-state index contributed by atoms with van der Waals surface area (Å²) in [7, 11) is 0. The Labute approximate surface area is 126 Å². The second-order valence-electron chi connectivity index (χ2n) is 6.08. The molecule has 1 atom stereocenters. The first kappa shape index (κ1) is 14.4. The Morgan fingerprint density at radius 3 is 2.81 bits per heavy atom. The lowest BCUT2D eigenvalue weighted by atomic mass is 9.93. The van der Waals surface area contributed by atoms with Crippen LogP contribution in [0.3, 0.4) is 0 Å². The molecule has 1 unspecified atom stereocenters. The van der Waals surface area contributed by atoms with Crippen LogP contribution >= 0.6 is 0 Å². The van der Waals surface area contributed by atoms with Gasteiger partial charge in [-0.2, -0.15) is 0 Å². The number of carbonyl (C=O) groups excluding carboxylic acids is 1. The quantitative estimate of drug-likeness (QED) is 0.893. The van der Waals surface area contributed by atoms with Gasteiger partial charge in [-0.25, -0.2) is 4.79 Å². The number of nitrogens with one attached hydrogen (secondary N) is 2. The molecule has 114 valence electrons. The smallest absolute Gasteiger partial charge is 0.322 e. The zero-order valence-electron chi connectivity index (χ0n) is 12.8. The maximum Gasteiger partial charge on any atom is 0.322 e. The predicted octanol–water partition coefficient (Wildman–Crippen LogP) is 3.20. The number of para-hydroxylation sites is 1. The number of amides is 2. The molecular weight excluding hydrogens is 262 g/mol. The van der Waals surface area contributed by atoms with Gasteiger partial charge in [-0.1, -0.05) is 25.1 Å². The Morgan fingerprint density at radius 1 is 1.29 bits per heavy atom. The average Bonchev–Trinajstić information content (AvgIpc) is 2.48. The fraction of sp³-hybridized carbons (Fsp3) is 0.588. The maximum absolute atomic E-state index is 12.5. The van der Waals surface area contributed by atoms with Crippen molar-refractivity contribution in [3.63, 3.8) is 0 Å². The van der Waals surface area contributed by atoms with Crippen LogP contribution in [0.4, 0.5) is 10.5 Å². The summed E-state index contributed by atoms with van der Waals surface area (Å²) in [5.41, 5.74) is 2.31. The van der Waals surface area contributed by atoms with Crippen LogP contribution in [0.15, 0.2) is 24.3 Å². The summed E-state index contributed by atoms with van der Waals surface area (Å²) < 4.78 is 0. The molecule has 1 aliphatic heterocycles. The molecule has 4 nitrogen and oxygen atoms in total. The van der Waals surface area contributed by atoms with E-state index in [2.05, 4.69) is 35.8 Å². The van der Waals surface area contributed by atoms with Crippen LogP contribution in [0.1, 0.15) is 50.6 Å². The summed E-state index contributed by atoms with van der Waals surface area (Å²) >= 11 is 0.